The van der Waals surface area contributed by atoms with E-state index in [9.17, 15) is 18.0 Å². The van der Waals surface area contributed by atoms with Gasteiger partial charge in [0, 0.05) is 20.3 Å². The molecule has 2 unspecified atom stereocenters. The Balaban J connectivity index is 2.48. The molecule has 1 aliphatic carbocycles. The van der Waals surface area contributed by atoms with E-state index in [4.69, 9.17) is 9.47 Å². The highest BCUT2D eigenvalue weighted by molar-refractivity contribution is 7.92. The van der Waals surface area contributed by atoms with E-state index in [1.54, 1.807) is 18.2 Å². The molecule has 0 bridgehead atoms. The van der Waals surface area contributed by atoms with Gasteiger partial charge in [0.2, 0.25) is 0 Å². The number of rotatable bonds is 11. The normalized spacial score (nSPS) is 18.1. The maximum Gasteiger partial charge on any atom is 0.303 e. The van der Waals surface area contributed by atoms with Crippen LogP contribution >= 0.6 is 0 Å². The van der Waals surface area contributed by atoms with Gasteiger partial charge in [-0.2, -0.15) is 0 Å². The maximum absolute atomic E-state index is 14.1. The predicted molar refractivity (Wildman–Crippen MR) is 151 cm³/mol. The number of esters is 2. The van der Waals surface area contributed by atoms with Crippen molar-refractivity contribution in [1.29, 1.82) is 0 Å². The molecule has 0 N–H and O–H groups in total. The molecule has 7 heteroatoms. The summed E-state index contributed by atoms with van der Waals surface area (Å²) in [6.45, 7) is 14.9. The van der Waals surface area contributed by atoms with E-state index in [1.165, 1.54) is 13.8 Å². The standard InChI is InChI=1S/C31H44O6S/c1-21-11-13-28(14-12-21)38(34,35)29(30-24(4)10-9-16-31(30,7)8)20-23(3)19-27(37-26(6)33)18-22(2)15-17-36-25(5)32/h11-15,19,27,29H,9-10,16-18,20H2,1-8H3/b22-15+,23-19+. The second-order valence-corrected chi connectivity index (χ2v) is 13.3. The van der Waals surface area contributed by atoms with E-state index >= 15 is 0 Å². The predicted octanol–water partition coefficient (Wildman–Crippen LogP) is 6.83. The van der Waals surface area contributed by atoms with Gasteiger partial charge in [0.25, 0.3) is 0 Å². The lowest BCUT2D eigenvalue weighted by molar-refractivity contribution is -0.144. The van der Waals surface area contributed by atoms with Crippen molar-refractivity contribution in [1.82, 2.24) is 0 Å². The van der Waals surface area contributed by atoms with Crippen LogP contribution in [0.2, 0.25) is 0 Å². The third-order valence-corrected chi connectivity index (χ3v) is 9.21. The Morgan fingerprint density at radius 3 is 2.16 bits per heavy atom. The second-order valence-electron chi connectivity index (χ2n) is 11.2. The van der Waals surface area contributed by atoms with E-state index in [2.05, 4.69) is 20.8 Å². The smallest absolute Gasteiger partial charge is 0.303 e. The molecule has 0 saturated heterocycles. The summed E-state index contributed by atoms with van der Waals surface area (Å²) < 4.78 is 38.8. The molecule has 210 valence electrons. The third-order valence-electron chi connectivity index (χ3n) is 7.13. The largest absolute Gasteiger partial charge is 0.462 e. The molecule has 0 spiro atoms. The van der Waals surface area contributed by atoms with Gasteiger partial charge in [-0.1, -0.05) is 48.3 Å². The second kappa shape index (κ2) is 13.4. The molecule has 38 heavy (non-hydrogen) atoms. The van der Waals surface area contributed by atoms with Crippen molar-refractivity contribution in [2.24, 2.45) is 5.41 Å². The fourth-order valence-corrected chi connectivity index (χ4v) is 7.50. The zero-order valence-electron chi connectivity index (χ0n) is 24.2. The van der Waals surface area contributed by atoms with Crippen LogP contribution in [0.25, 0.3) is 0 Å². The number of aryl methyl sites for hydroxylation is 1. The van der Waals surface area contributed by atoms with E-state index in [0.29, 0.717) is 17.7 Å². The molecular formula is C31H44O6S. The summed E-state index contributed by atoms with van der Waals surface area (Å²) in [7, 11) is -3.68. The first-order chi connectivity index (χ1) is 17.6. The van der Waals surface area contributed by atoms with Crippen LogP contribution in [0, 0.1) is 12.3 Å². The van der Waals surface area contributed by atoms with Crippen molar-refractivity contribution in [2.75, 3.05) is 6.61 Å². The van der Waals surface area contributed by atoms with Crippen LogP contribution in [0.15, 0.2) is 63.6 Å². The highest BCUT2D eigenvalue weighted by atomic mass is 32.2. The summed E-state index contributed by atoms with van der Waals surface area (Å²) in [6.07, 6.45) is 6.67. The monoisotopic (exact) mass is 544 g/mol. The highest BCUT2D eigenvalue weighted by Gasteiger charge is 2.40. The number of hydrogen-bond donors (Lipinski definition) is 0. The average Bonchev–Trinajstić information content (AvgIpc) is 2.77. The molecule has 1 aromatic carbocycles. The number of hydrogen-bond acceptors (Lipinski definition) is 6. The summed E-state index contributed by atoms with van der Waals surface area (Å²) in [4.78, 5) is 23.2. The van der Waals surface area contributed by atoms with Gasteiger partial charge in [-0.05, 0) is 88.7 Å². The van der Waals surface area contributed by atoms with Gasteiger partial charge < -0.3 is 9.47 Å². The molecule has 6 nitrogen and oxygen atoms in total. The van der Waals surface area contributed by atoms with Crippen LogP contribution < -0.4 is 0 Å². The summed E-state index contributed by atoms with van der Waals surface area (Å²) >= 11 is 0. The van der Waals surface area contributed by atoms with E-state index in [1.807, 2.05) is 39.0 Å². The summed E-state index contributed by atoms with van der Waals surface area (Å²) in [5.74, 6) is -0.778. The zero-order chi connectivity index (χ0) is 28.7. The lowest BCUT2D eigenvalue weighted by atomic mass is 9.70. The van der Waals surface area contributed by atoms with Crippen LogP contribution in [0.3, 0.4) is 0 Å². The first-order valence-electron chi connectivity index (χ1n) is 13.3. The number of carbonyl (C=O) groups is 2. The topological polar surface area (TPSA) is 86.7 Å². The van der Waals surface area contributed by atoms with Crippen molar-refractivity contribution in [3.8, 4) is 0 Å². The molecular weight excluding hydrogens is 500 g/mol. The summed E-state index contributed by atoms with van der Waals surface area (Å²) in [5.41, 5.74) is 4.65. The minimum Gasteiger partial charge on any atom is -0.462 e. The molecule has 1 aromatic rings. The van der Waals surface area contributed by atoms with Crippen molar-refractivity contribution < 1.29 is 27.5 Å². The Kier molecular flexibility index (Phi) is 11.1. The van der Waals surface area contributed by atoms with Crippen LogP contribution in [0.1, 0.15) is 86.1 Å². The zero-order valence-corrected chi connectivity index (χ0v) is 25.0. The number of allylic oxidation sites excluding steroid dienone is 2. The van der Waals surface area contributed by atoms with Gasteiger partial charge in [0.1, 0.15) is 12.7 Å². The highest BCUT2D eigenvalue weighted by Crippen LogP contribution is 2.46. The maximum atomic E-state index is 14.1. The molecule has 0 fully saturated rings. The van der Waals surface area contributed by atoms with E-state index < -0.39 is 27.2 Å². The lowest BCUT2D eigenvalue weighted by Crippen LogP contribution is -2.35. The molecule has 0 amide bonds. The van der Waals surface area contributed by atoms with Gasteiger partial charge in [-0.15, -0.1) is 0 Å². The summed E-state index contributed by atoms with van der Waals surface area (Å²) in [5, 5.41) is -0.713. The molecule has 0 radical (unpaired) electrons. The number of ether oxygens (including phenoxy) is 2. The van der Waals surface area contributed by atoms with E-state index in [-0.39, 0.29) is 18.0 Å². The number of sulfone groups is 1. The first kappa shape index (κ1) is 31.5. The van der Waals surface area contributed by atoms with Crippen molar-refractivity contribution >= 4 is 21.8 Å². The van der Waals surface area contributed by atoms with Gasteiger partial charge in [-0.25, -0.2) is 8.42 Å². The van der Waals surface area contributed by atoms with Crippen LogP contribution in [-0.4, -0.2) is 38.3 Å². The molecule has 0 heterocycles. The molecule has 0 aliphatic heterocycles. The average molecular weight is 545 g/mol. The van der Waals surface area contributed by atoms with Crippen molar-refractivity contribution in [3.63, 3.8) is 0 Å². The number of benzene rings is 1. The Bertz CT molecular complexity index is 1200. The van der Waals surface area contributed by atoms with Crippen molar-refractivity contribution in [2.45, 2.75) is 104 Å². The molecule has 0 saturated carbocycles. The lowest BCUT2D eigenvalue weighted by Gasteiger charge is -2.39. The van der Waals surface area contributed by atoms with Gasteiger partial charge in [0.05, 0.1) is 10.1 Å². The van der Waals surface area contributed by atoms with Crippen molar-refractivity contribution in [3.05, 3.63) is 64.3 Å². The Morgan fingerprint density at radius 2 is 1.61 bits per heavy atom. The van der Waals surface area contributed by atoms with Crippen LogP contribution in [0.4, 0.5) is 0 Å². The van der Waals surface area contributed by atoms with Gasteiger partial charge in [0.15, 0.2) is 9.84 Å². The fourth-order valence-electron chi connectivity index (χ4n) is 5.34. The third kappa shape index (κ3) is 8.97. The first-order valence-corrected chi connectivity index (χ1v) is 14.8. The van der Waals surface area contributed by atoms with Crippen LogP contribution in [-0.2, 0) is 28.9 Å². The Labute approximate surface area is 229 Å². The minimum atomic E-state index is -3.68. The van der Waals surface area contributed by atoms with Gasteiger partial charge >= 0.3 is 11.9 Å². The SMILES string of the molecule is CC(=O)OC/C=C(\C)CC(/C=C(\C)CC(C1=C(C)CCCC1(C)C)S(=O)(=O)c1ccc(C)cc1)OC(C)=O. The molecule has 1 aliphatic rings. The summed E-state index contributed by atoms with van der Waals surface area (Å²) in [6, 6.07) is 7.06. The minimum absolute atomic E-state index is 0.149. The molecule has 0 aromatic heterocycles. The molecule has 2 rings (SSSR count). The number of carbonyl (C=O) groups excluding carboxylic acids is 2. The fraction of sp³-hybridized carbons (Fsp3) is 0.548. The van der Waals surface area contributed by atoms with Gasteiger partial charge in [-0.3, -0.25) is 9.59 Å². The quantitative estimate of drug-likeness (QED) is 0.224. The Hall–Kier alpha value is -2.67. The molecule has 2 atom stereocenters. The Morgan fingerprint density at radius 1 is 0.974 bits per heavy atom. The van der Waals surface area contributed by atoms with E-state index in [0.717, 1.165) is 47.1 Å². The van der Waals surface area contributed by atoms with Crippen LogP contribution in [0.5, 0.6) is 0 Å².